The van der Waals surface area contributed by atoms with Gasteiger partial charge >= 0.3 is 5.97 Å². The largest absolute Gasteiger partial charge is 0.469 e. The van der Waals surface area contributed by atoms with E-state index in [1.807, 2.05) is 30.3 Å². The van der Waals surface area contributed by atoms with E-state index in [1.165, 1.54) is 7.11 Å². The second kappa shape index (κ2) is 7.23. The van der Waals surface area contributed by atoms with E-state index in [4.69, 9.17) is 9.16 Å². The fourth-order valence-corrected chi connectivity index (χ4v) is 2.85. The molecule has 0 heterocycles. The standard InChI is InChI=1S/C17H28O3Si/c1-17(2,3)21(5,6)20-13-15(16(18)19-4)12-14-10-8-7-9-11-14/h7-11,15H,12-13H2,1-6H3. The van der Waals surface area contributed by atoms with E-state index in [2.05, 4.69) is 33.9 Å². The van der Waals surface area contributed by atoms with Crippen LogP contribution >= 0.6 is 0 Å². The molecule has 0 spiro atoms. The second-order valence-electron chi connectivity index (χ2n) is 6.98. The molecule has 0 N–H and O–H groups in total. The summed E-state index contributed by atoms with van der Waals surface area (Å²) in [4.78, 5) is 12.0. The van der Waals surface area contributed by atoms with Crippen molar-refractivity contribution >= 4 is 14.3 Å². The van der Waals surface area contributed by atoms with Crippen LogP contribution in [0, 0.1) is 5.92 Å². The van der Waals surface area contributed by atoms with Gasteiger partial charge in [-0.05, 0) is 30.1 Å². The Morgan fingerprint density at radius 2 is 1.76 bits per heavy atom. The predicted octanol–water partition coefficient (Wildman–Crippen LogP) is 4.04. The minimum atomic E-state index is -1.85. The van der Waals surface area contributed by atoms with Gasteiger partial charge in [-0.1, -0.05) is 51.1 Å². The number of carbonyl (C=O) groups excluding carboxylic acids is 1. The third-order valence-electron chi connectivity index (χ3n) is 4.31. The number of ether oxygens (including phenoxy) is 1. The molecule has 1 unspecified atom stereocenters. The zero-order valence-corrected chi connectivity index (χ0v) is 15.1. The van der Waals surface area contributed by atoms with Crippen molar-refractivity contribution in [2.45, 2.75) is 45.3 Å². The number of rotatable bonds is 6. The summed E-state index contributed by atoms with van der Waals surface area (Å²) in [7, 11) is -0.414. The van der Waals surface area contributed by atoms with Crippen molar-refractivity contribution in [2.75, 3.05) is 13.7 Å². The molecule has 1 aromatic rings. The van der Waals surface area contributed by atoms with Crippen LogP contribution in [0.1, 0.15) is 26.3 Å². The first-order chi connectivity index (χ1) is 9.67. The normalized spacial score (nSPS) is 13.8. The summed E-state index contributed by atoms with van der Waals surface area (Å²) in [5.41, 5.74) is 1.13. The van der Waals surface area contributed by atoms with Crippen molar-refractivity contribution < 1.29 is 14.0 Å². The molecule has 0 bridgehead atoms. The van der Waals surface area contributed by atoms with Gasteiger partial charge in [0.1, 0.15) is 0 Å². The van der Waals surface area contributed by atoms with E-state index in [0.29, 0.717) is 13.0 Å². The molecule has 1 rings (SSSR count). The van der Waals surface area contributed by atoms with E-state index < -0.39 is 8.32 Å². The smallest absolute Gasteiger partial charge is 0.311 e. The molecule has 0 aliphatic rings. The lowest BCUT2D eigenvalue weighted by Gasteiger charge is -2.37. The summed E-state index contributed by atoms with van der Waals surface area (Å²) in [5.74, 6) is -0.441. The van der Waals surface area contributed by atoms with Crippen LogP contribution in [0.5, 0.6) is 0 Å². The van der Waals surface area contributed by atoms with Gasteiger partial charge in [0.2, 0.25) is 0 Å². The Balaban J connectivity index is 2.74. The lowest BCUT2D eigenvalue weighted by atomic mass is 10.0. The average Bonchev–Trinajstić information content (AvgIpc) is 2.42. The first-order valence-corrected chi connectivity index (χ1v) is 10.3. The van der Waals surface area contributed by atoms with Gasteiger partial charge in [-0.25, -0.2) is 0 Å². The van der Waals surface area contributed by atoms with Crippen LogP contribution in [-0.2, 0) is 20.4 Å². The Labute approximate surface area is 129 Å². The predicted molar refractivity (Wildman–Crippen MR) is 88.8 cm³/mol. The van der Waals surface area contributed by atoms with Gasteiger partial charge in [-0.2, -0.15) is 0 Å². The topological polar surface area (TPSA) is 35.5 Å². The summed E-state index contributed by atoms with van der Waals surface area (Å²) in [6.07, 6.45) is 0.655. The monoisotopic (exact) mass is 308 g/mol. The molecule has 118 valence electrons. The zero-order chi connectivity index (χ0) is 16.1. The Bertz CT molecular complexity index is 449. The summed E-state index contributed by atoms with van der Waals surface area (Å²) in [6.45, 7) is 11.4. The van der Waals surface area contributed by atoms with Crippen molar-refractivity contribution in [2.24, 2.45) is 5.92 Å². The maximum atomic E-state index is 12.0. The molecule has 0 aliphatic heterocycles. The van der Waals surface area contributed by atoms with E-state index in [1.54, 1.807) is 0 Å². The van der Waals surface area contributed by atoms with E-state index in [9.17, 15) is 4.79 Å². The summed E-state index contributed by atoms with van der Waals surface area (Å²) in [5, 5.41) is 0.139. The highest BCUT2D eigenvalue weighted by atomic mass is 28.4. The molecule has 0 fully saturated rings. The third kappa shape index (κ3) is 5.29. The van der Waals surface area contributed by atoms with Gasteiger partial charge in [0.25, 0.3) is 0 Å². The SMILES string of the molecule is COC(=O)C(CO[Si](C)(C)C(C)(C)C)Cc1ccccc1. The van der Waals surface area contributed by atoms with Crippen molar-refractivity contribution in [1.82, 2.24) is 0 Å². The average molecular weight is 308 g/mol. The van der Waals surface area contributed by atoms with Gasteiger partial charge < -0.3 is 9.16 Å². The summed E-state index contributed by atoms with van der Waals surface area (Å²) >= 11 is 0. The van der Waals surface area contributed by atoms with Crippen molar-refractivity contribution in [3.63, 3.8) is 0 Å². The van der Waals surface area contributed by atoms with Gasteiger partial charge in [0.15, 0.2) is 8.32 Å². The highest BCUT2D eigenvalue weighted by Gasteiger charge is 2.38. The minimum absolute atomic E-state index is 0.139. The van der Waals surface area contributed by atoms with Gasteiger partial charge in [0.05, 0.1) is 13.0 Å². The number of hydrogen-bond acceptors (Lipinski definition) is 3. The zero-order valence-electron chi connectivity index (χ0n) is 14.1. The Hall–Kier alpha value is -1.13. The molecule has 0 aliphatic carbocycles. The first kappa shape index (κ1) is 17.9. The molecular weight excluding hydrogens is 280 g/mol. The molecule has 0 amide bonds. The minimum Gasteiger partial charge on any atom is -0.469 e. The first-order valence-electron chi connectivity index (χ1n) is 7.43. The van der Waals surface area contributed by atoms with Crippen LogP contribution in [0.4, 0.5) is 0 Å². The Kier molecular flexibility index (Phi) is 6.17. The number of esters is 1. The number of benzene rings is 1. The number of methoxy groups -OCH3 is 1. The molecule has 0 aromatic heterocycles. The van der Waals surface area contributed by atoms with Crippen LogP contribution in [0.25, 0.3) is 0 Å². The summed E-state index contributed by atoms with van der Waals surface area (Å²) in [6, 6.07) is 10.0. The molecule has 21 heavy (non-hydrogen) atoms. The molecule has 0 radical (unpaired) electrons. The molecule has 4 heteroatoms. The molecular formula is C17H28O3Si. The van der Waals surface area contributed by atoms with E-state index >= 15 is 0 Å². The molecule has 0 saturated heterocycles. The molecule has 1 aromatic carbocycles. The van der Waals surface area contributed by atoms with Gasteiger partial charge in [-0.15, -0.1) is 0 Å². The maximum Gasteiger partial charge on any atom is 0.311 e. The van der Waals surface area contributed by atoms with Crippen molar-refractivity contribution in [3.8, 4) is 0 Å². The lowest BCUT2D eigenvalue weighted by Crippen LogP contribution is -2.43. The molecule has 3 nitrogen and oxygen atoms in total. The van der Waals surface area contributed by atoms with Crippen molar-refractivity contribution in [3.05, 3.63) is 35.9 Å². The van der Waals surface area contributed by atoms with Crippen LogP contribution in [0.2, 0.25) is 18.1 Å². The fourth-order valence-electron chi connectivity index (χ4n) is 1.80. The van der Waals surface area contributed by atoms with Crippen LogP contribution < -0.4 is 0 Å². The Morgan fingerprint density at radius 3 is 2.24 bits per heavy atom. The van der Waals surface area contributed by atoms with E-state index in [-0.39, 0.29) is 16.9 Å². The lowest BCUT2D eigenvalue weighted by molar-refractivity contribution is -0.146. The van der Waals surface area contributed by atoms with Crippen LogP contribution in [0.3, 0.4) is 0 Å². The third-order valence-corrected chi connectivity index (χ3v) is 8.81. The molecule has 1 atom stereocenters. The molecule has 0 saturated carbocycles. The van der Waals surface area contributed by atoms with Crippen LogP contribution in [0.15, 0.2) is 30.3 Å². The fraction of sp³-hybridized carbons (Fsp3) is 0.588. The number of hydrogen-bond donors (Lipinski definition) is 0. The van der Waals surface area contributed by atoms with Gasteiger partial charge in [-0.3, -0.25) is 4.79 Å². The Morgan fingerprint density at radius 1 is 1.19 bits per heavy atom. The highest BCUT2D eigenvalue weighted by molar-refractivity contribution is 6.74. The van der Waals surface area contributed by atoms with Gasteiger partial charge in [0, 0.05) is 6.61 Å². The van der Waals surface area contributed by atoms with E-state index in [0.717, 1.165) is 5.56 Å². The number of carbonyl (C=O) groups is 1. The quantitative estimate of drug-likeness (QED) is 0.588. The van der Waals surface area contributed by atoms with Crippen LogP contribution in [-0.4, -0.2) is 28.0 Å². The second-order valence-corrected chi connectivity index (χ2v) is 11.8. The highest BCUT2D eigenvalue weighted by Crippen LogP contribution is 2.36. The summed E-state index contributed by atoms with van der Waals surface area (Å²) < 4.78 is 11.1. The maximum absolute atomic E-state index is 12.0. The van der Waals surface area contributed by atoms with Crippen molar-refractivity contribution in [1.29, 1.82) is 0 Å².